The summed E-state index contributed by atoms with van der Waals surface area (Å²) in [5.41, 5.74) is 1.11. The van der Waals surface area contributed by atoms with Crippen LogP contribution in [0.25, 0.3) is 0 Å². The van der Waals surface area contributed by atoms with E-state index in [9.17, 15) is 14.7 Å². The molecule has 114 valence electrons. The number of halogens is 1. The SMILES string of the molecule is CCC(=CCc1cc(C(=O)CBr)cc(OC)c1O)C(=O)O. The molecule has 1 aromatic carbocycles. The van der Waals surface area contributed by atoms with E-state index in [-0.39, 0.29) is 34.6 Å². The van der Waals surface area contributed by atoms with Crippen molar-refractivity contribution in [1.29, 1.82) is 0 Å². The Hall–Kier alpha value is -1.82. The van der Waals surface area contributed by atoms with Gasteiger partial charge in [0, 0.05) is 16.7 Å². The first-order valence-electron chi connectivity index (χ1n) is 6.35. The van der Waals surface area contributed by atoms with E-state index in [4.69, 9.17) is 9.84 Å². The molecule has 0 aliphatic carbocycles. The average Bonchev–Trinajstić information content (AvgIpc) is 2.48. The van der Waals surface area contributed by atoms with Gasteiger partial charge >= 0.3 is 5.97 Å². The third kappa shape index (κ3) is 4.32. The predicted molar refractivity (Wildman–Crippen MR) is 82.5 cm³/mol. The Morgan fingerprint density at radius 3 is 2.52 bits per heavy atom. The van der Waals surface area contributed by atoms with Crippen LogP contribution in [0, 0.1) is 0 Å². The molecule has 21 heavy (non-hydrogen) atoms. The smallest absolute Gasteiger partial charge is 0.331 e. The summed E-state index contributed by atoms with van der Waals surface area (Å²) in [5.74, 6) is -1.02. The zero-order chi connectivity index (χ0) is 16.0. The number of hydrogen-bond acceptors (Lipinski definition) is 4. The summed E-state index contributed by atoms with van der Waals surface area (Å²) in [6.45, 7) is 1.74. The van der Waals surface area contributed by atoms with Gasteiger partial charge in [0.2, 0.25) is 0 Å². The first kappa shape index (κ1) is 17.2. The van der Waals surface area contributed by atoms with Crippen LogP contribution in [-0.4, -0.2) is 34.4 Å². The maximum atomic E-state index is 11.8. The second-order valence-electron chi connectivity index (χ2n) is 4.34. The van der Waals surface area contributed by atoms with Gasteiger partial charge in [-0.1, -0.05) is 28.9 Å². The molecule has 0 saturated heterocycles. The number of methoxy groups -OCH3 is 1. The lowest BCUT2D eigenvalue weighted by atomic mass is 10.0. The lowest BCUT2D eigenvalue weighted by Gasteiger charge is -2.10. The van der Waals surface area contributed by atoms with Crippen molar-refractivity contribution in [3.05, 3.63) is 34.9 Å². The lowest BCUT2D eigenvalue weighted by molar-refractivity contribution is -0.132. The number of ether oxygens (including phenoxy) is 1. The largest absolute Gasteiger partial charge is 0.504 e. The molecule has 0 aliphatic rings. The second kappa shape index (κ2) is 7.83. The number of rotatable bonds is 7. The molecule has 0 heterocycles. The predicted octanol–water partition coefficient (Wildman–Crippen LogP) is 2.94. The van der Waals surface area contributed by atoms with Crippen LogP contribution in [0.2, 0.25) is 0 Å². The number of aromatic hydroxyl groups is 1. The fraction of sp³-hybridized carbons (Fsp3) is 0.333. The van der Waals surface area contributed by atoms with Crippen LogP contribution in [0.4, 0.5) is 0 Å². The van der Waals surface area contributed by atoms with E-state index in [2.05, 4.69) is 15.9 Å². The highest BCUT2D eigenvalue weighted by molar-refractivity contribution is 9.09. The van der Waals surface area contributed by atoms with Crippen LogP contribution < -0.4 is 4.74 Å². The van der Waals surface area contributed by atoms with Crippen molar-refractivity contribution in [3.63, 3.8) is 0 Å². The molecule has 5 nitrogen and oxygen atoms in total. The molecule has 0 bridgehead atoms. The van der Waals surface area contributed by atoms with Gasteiger partial charge in [0.15, 0.2) is 17.3 Å². The molecule has 6 heteroatoms. The first-order valence-corrected chi connectivity index (χ1v) is 7.48. The number of aliphatic carboxylic acids is 1. The number of Topliss-reactive ketones (excluding diaryl/α,β-unsaturated/α-hetero) is 1. The van der Waals surface area contributed by atoms with Crippen molar-refractivity contribution < 1.29 is 24.5 Å². The minimum Gasteiger partial charge on any atom is -0.504 e. The maximum Gasteiger partial charge on any atom is 0.331 e. The van der Waals surface area contributed by atoms with Crippen molar-refractivity contribution >= 4 is 27.7 Å². The lowest BCUT2D eigenvalue weighted by Crippen LogP contribution is -2.03. The highest BCUT2D eigenvalue weighted by Gasteiger charge is 2.14. The molecule has 2 N–H and O–H groups in total. The number of phenols is 1. The van der Waals surface area contributed by atoms with E-state index in [1.807, 2.05) is 0 Å². The molecule has 0 radical (unpaired) electrons. The van der Waals surface area contributed by atoms with E-state index in [1.54, 1.807) is 13.0 Å². The molecule has 0 unspecified atom stereocenters. The van der Waals surface area contributed by atoms with E-state index < -0.39 is 5.97 Å². The van der Waals surface area contributed by atoms with E-state index in [0.29, 0.717) is 17.5 Å². The van der Waals surface area contributed by atoms with Crippen LogP contribution in [0.5, 0.6) is 11.5 Å². The normalized spacial score (nSPS) is 11.3. The van der Waals surface area contributed by atoms with Gasteiger partial charge in [0.1, 0.15) is 0 Å². The number of phenolic OH excluding ortho intramolecular Hbond substituents is 1. The maximum absolute atomic E-state index is 11.8. The van der Waals surface area contributed by atoms with Crippen LogP contribution >= 0.6 is 15.9 Å². The van der Waals surface area contributed by atoms with E-state index in [0.717, 1.165) is 0 Å². The first-order chi connectivity index (χ1) is 9.94. The van der Waals surface area contributed by atoms with Crippen molar-refractivity contribution in [1.82, 2.24) is 0 Å². The molecule has 0 aliphatic heterocycles. The third-order valence-electron chi connectivity index (χ3n) is 3.04. The van der Waals surface area contributed by atoms with Gasteiger partial charge in [-0.3, -0.25) is 4.79 Å². The number of alkyl halides is 1. The molecule has 0 fully saturated rings. The second-order valence-corrected chi connectivity index (χ2v) is 4.90. The molecule has 0 atom stereocenters. The third-order valence-corrected chi connectivity index (χ3v) is 3.55. The van der Waals surface area contributed by atoms with Gasteiger partial charge in [-0.25, -0.2) is 4.79 Å². The molecule has 0 aromatic heterocycles. The summed E-state index contributed by atoms with van der Waals surface area (Å²) in [6, 6.07) is 3.01. The minimum atomic E-state index is -0.989. The van der Waals surface area contributed by atoms with Crippen LogP contribution in [-0.2, 0) is 11.2 Å². The molecule has 0 amide bonds. The monoisotopic (exact) mass is 356 g/mol. The van der Waals surface area contributed by atoms with Crippen molar-refractivity contribution in [2.24, 2.45) is 0 Å². The summed E-state index contributed by atoms with van der Waals surface area (Å²) in [5, 5.41) is 19.2. The molecular formula is C15H17BrO5. The quantitative estimate of drug-likeness (QED) is 0.445. The summed E-state index contributed by atoms with van der Waals surface area (Å²) in [7, 11) is 1.39. The number of ketones is 1. The highest BCUT2D eigenvalue weighted by Crippen LogP contribution is 2.32. The average molecular weight is 357 g/mol. The number of carbonyl (C=O) groups is 2. The fourth-order valence-corrected chi connectivity index (χ4v) is 2.15. The van der Waals surface area contributed by atoms with Crippen LogP contribution in [0.15, 0.2) is 23.8 Å². The molecular weight excluding hydrogens is 340 g/mol. The van der Waals surface area contributed by atoms with E-state index in [1.165, 1.54) is 19.3 Å². The van der Waals surface area contributed by atoms with Gasteiger partial charge in [-0.05, 0) is 25.0 Å². The van der Waals surface area contributed by atoms with E-state index >= 15 is 0 Å². The molecule has 0 saturated carbocycles. The number of carboxylic acids is 1. The summed E-state index contributed by atoms with van der Waals surface area (Å²) in [6.07, 6.45) is 2.12. The van der Waals surface area contributed by atoms with Gasteiger partial charge in [0.25, 0.3) is 0 Å². The number of hydrogen-bond donors (Lipinski definition) is 2. The zero-order valence-electron chi connectivity index (χ0n) is 11.9. The Morgan fingerprint density at radius 2 is 2.05 bits per heavy atom. The standard InChI is InChI=1S/C15H17BrO5/c1-3-9(15(19)20)4-5-10-6-11(12(17)8-16)7-13(21-2)14(10)18/h4,6-7,18H,3,5,8H2,1-2H3,(H,19,20). The Labute approximate surface area is 131 Å². The Morgan fingerprint density at radius 1 is 1.38 bits per heavy atom. The topological polar surface area (TPSA) is 83.8 Å². The Bertz CT molecular complexity index is 578. The van der Waals surface area contributed by atoms with Crippen molar-refractivity contribution in [2.75, 3.05) is 12.4 Å². The molecule has 0 spiro atoms. The minimum absolute atomic E-state index is 0.0827. The van der Waals surface area contributed by atoms with Crippen molar-refractivity contribution in [2.45, 2.75) is 19.8 Å². The van der Waals surface area contributed by atoms with Crippen molar-refractivity contribution in [3.8, 4) is 11.5 Å². The Balaban J connectivity index is 3.22. The molecule has 1 aromatic rings. The number of allylic oxidation sites excluding steroid dienone is 1. The Kier molecular flexibility index (Phi) is 6.42. The fourth-order valence-electron chi connectivity index (χ4n) is 1.83. The summed E-state index contributed by atoms with van der Waals surface area (Å²) >= 11 is 3.09. The molecule has 1 rings (SSSR count). The number of carbonyl (C=O) groups excluding carboxylic acids is 1. The number of carboxylic acid groups (broad SMARTS) is 1. The zero-order valence-corrected chi connectivity index (χ0v) is 13.4. The van der Waals surface area contributed by atoms with Gasteiger partial charge in [-0.15, -0.1) is 0 Å². The summed E-state index contributed by atoms with van der Waals surface area (Å²) < 4.78 is 5.05. The van der Waals surface area contributed by atoms with Crippen LogP contribution in [0.1, 0.15) is 29.3 Å². The summed E-state index contributed by atoms with van der Waals surface area (Å²) in [4.78, 5) is 22.7. The van der Waals surface area contributed by atoms with Crippen LogP contribution in [0.3, 0.4) is 0 Å². The van der Waals surface area contributed by atoms with Gasteiger partial charge in [-0.2, -0.15) is 0 Å². The van der Waals surface area contributed by atoms with Gasteiger partial charge < -0.3 is 14.9 Å². The highest BCUT2D eigenvalue weighted by atomic mass is 79.9. The number of benzene rings is 1. The van der Waals surface area contributed by atoms with Gasteiger partial charge in [0.05, 0.1) is 12.4 Å².